The van der Waals surface area contributed by atoms with Crippen LogP contribution in [-0.4, -0.2) is 53.6 Å². The zero-order chi connectivity index (χ0) is 26.1. The number of benzene rings is 1. The molecule has 1 saturated heterocycles. The zero-order valence-electron chi connectivity index (χ0n) is 21.7. The molecule has 2 heterocycles. The highest BCUT2D eigenvalue weighted by Crippen LogP contribution is 2.27. The number of hydrogen-bond acceptors (Lipinski definition) is 6. The normalized spacial score (nSPS) is 16.1. The number of hydrogen-bond donors (Lipinski definition) is 2. The van der Waals surface area contributed by atoms with Crippen LogP contribution in [-0.2, 0) is 19.1 Å². The van der Waals surface area contributed by atoms with Crippen molar-refractivity contribution in [3.05, 3.63) is 47.2 Å². The third-order valence-electron chi connectivity index (χ3n) is 6.30. The van der Waals surface area contributed by atoms with Crippen molar-refractivity contribution < 1.29 is 23.6 Å². The van der Waals surface area contributed by atoms with Crippen molar-refractivity contribution >= 4 is 23.5 Å². The lowest BCUT2D eigenvalue weighted by molar-refractivity contribution is -0.141. The Kier molecular flexibility index (Phi) is 10.0. The van der Waals surface area contributed by atoms with Gasteiger partial charge in [-0.15, -0.1) is 0 Å². The van der Waals surface area contributed by atoms with Gasteiger partial charge in [0.15, 0.2) is 5.82 Å². The first-order valence-electron chi connectivity index (χ1n) is 12.7. The van der Waals surface area contributed by atoms with Crippen LogP contribution >= 0.6 is 0 Å². The predicted octanol–water partition coefficient (Wildman–Crippen LogP) is 3.92. The molecule has 1 aromatic carbocycles. The fourth-order valence-electron chi connectivity index (χ4n) is 4.25. The van der Waals surface area contributed by atoms with Crippen molar-refractivity contribution in [3.8, 4) is 0 Å². The van der Waals surface area contributed by atoms with E-state index in [1.807, 2.05) is 31.2 Å². The Hall–Kier alpha value is -3.20. The van der Waals surface area contributed by atoms with Gasteiger partial charge in [0.05, 0.1) is 6.10 Å². The van der Waals surface area contributed by atoms with Gasteiger partial charge in [0, 0.05) is 38.6 Å². The number of carbonyl (C=O) groups is 3. The molecule has 9 heteroatoms. The predicted molar refractivity (Wildman–Crippen MR) is 136 cm³/mol. The summed E-state index contributed by atoms with van der Waals surface area (Å²) in [6.45, 7) is 9.35. The van der Waals surface area contributed by atoms with Gasteiger partial charge in [-0.1, -0.05) is 43.3 Å². The summed E-state index contributed by atoms with van der Waals surface area (Å²) < 4.78 is 10.6. The van der Waals surface area contributed by atoms with Crippen LogP contribution in [0.3, 0.4) is 0 Å². The summed E-state index contributed by atoms with van der Waals surface area (Å²) >= 11 is 0. The molecule has 196 valence electrons. The van der Waals surface area contributed by atoms with Crippen LogP contribution in [0.25, 0.3) is 0 Å². The molecular weight excluding hydrogens is 460 g/mol. The number of nitrogens with one attached hydrogen (secondary N) is 2. The average molecular weight is 499 g/mol. The maximum Gasteiger partial charge on any atom is 0.247 e. The van der Waals surface area contributed by atoms with E-state index >= 15 is 0 Å². The lowest BCUT2D eigenvalue weighted by Gasteiger charge is -2.33. The molecule has 1 aliphatic rings. The molecule has 1 fully saturated rings. The van der Waals surface area contributed by atoms with Crippen LogP contribution in [0.2, 0.25) is 0 Å². The van der Waals surface area contributed by atoms with E-state index in [1.165, 1.54) is 0 Å². The number of amides is 3. The highest BCUT2D eigenvalue weighted by Gasteiger charge is 2.33. The SMILES string of the molecule is Cc1cc(NC(=O)CCC(=O)N(CCC(C)C)[C@@H](C(=O)NC[C@H]2CCCO2)c2ccccc2C)no1. The minimum absolute atomic E-state index is 0.00449. The molecule has 9 nitrogen and oxygen atoms in total. The van der Waals surface area contributed by atoms with Gasteiger partial charge in [-0.25, -0.2) is 0 Å². The van der Waals surface area contributed by atoms with Crippen LogP contribution < -0.4 is 10.6 Å². The maximum atomic E-state index is 13.6. The summed E-state index contributed by atoms with van der Waals surface area (Å²) in [5.74, 6) is 0.411. The van der Waals surface area contributed by atoms with Crippen molar-refractivity contribution in [2.45, 2.75) is 71.9 Å². The first kappa shape index (κ1) is 27.4. The summed E-state index contributed by atoms with van der Waals surface area (Å²) in [6, 6.07) is 8.44. The van der Waals surface area contributed by atoms with Gasteiger partial charge in [0.2, 0.25) is 17.7 Å². The van der Waals surface area contributed by atoms with Crippen LogP contribution in [0, 0.1) is 19.8 Å². The molecule has 0 saturated carbocycles. The minimum atomic E-state index is -0.792. The van der Waals surface area contributed by atoms with Crippen molar-refractivity contribution in [1.82, 2.24) is 15.4 Å². The number of ether oxygens (including phenoxy) is 1. The number of anilines is 1. The van der Waals surface area contributed by atoms with Crippen LogP contribution in [0.4, 0.5) is 5.82 Å². The third kappa shape index (κ3) is 7.91. The molecule has 3 rings (SSSR count). The maximum absolute atomic E-state index is 13.6. The van der Waals surface area contributed by atoms with Crippen molar-refractivity contribution in [3.63, 3.8) is 0 Å². The van der Waals surface area contributed by atoms with Gasteiger partial charge in [0.1, 0.15) is 11.8 Å². The molecule has 0 spiro atoms. The van der Waals surface area contributed by atoms with E-state index in [4.69, 9.17) is 9.26 Å². The van der Waals surface area contributed by atoms with Gasteiger partial charge >= 0.3 is 0 Å². The zero-order valence-corrected chi connectivity index (χ0v) is 21.7. The number of nitrogens with zero attached hydrogens (tertiary/aromatic N) is 2. The highest BCUT2D eigenvalue weighted by atomic mass is 16.5. The lowest BCUT2D eigenvalue weighted by Crippen LogP contribution is -2.46. The van der Waals surface area contributed by atoms with Crippen LogP contribution in [0.5, 0.6) is 0 Å². The minimum Gasteiger partial charge on any atom is -0.376 e. The Morgan fingerprint density at radius 3 is 2.58 bits per heavy atom. The molecule has 1 aliphatic heterocycles. The van der Waals surface area contributed by atoms with E-state index in [1.54, 1.807) is 17.9 Å². The second-order valence-electron chi connectivity index (χ2n) is 9.78. The van der Waals surface area contributed by atoms with Crippen molar-refractivity contribution in [2.24, 2.45) is 5.92 Å². The van der Waals surface area contributed by atoms with Gasteiger partial charge in [-0.3, -0.25) is 14.4 Å². The molecule has 2 atom stereocenters. The van der Waals surface area contributed by atoms with E-state index in [0.717, 1.165) is 30.4 Å². The lowest BCUT2D eigenvalue weighted by atomic mass is 9.97. The number of aromatic nitrogens is 1. The van der Waals surface area contributed by atoms with Gasteiger partial charge in [-0.2, -0.15) is 0 Å². The van der Waals surface area contributed by atoms with Gasteiger partial charge < -0.3 is 24.8 Å². The number of rotatable bonds is 12. The largest absolute Gasteiger partial charge is 0.376 e. The number of aryl methyl sites for hydroxylation is 2. The fourth-order valence-corrected chi connectivity index (χ4v) is 4.25. The van der Waals surface area contributed by atoms with E-state index in [2.05, 4.69) is 29.6 Å². The molecule has 2 N–H and O–H groups in total. The van der Waals surface area contributed by atoms with Crippen LogP contribution in [0.1, 0.15) is 68.9 Å². The molecule has 2 aromatic rings. The molecule has 0 bridgehead atoms. The summed E-state index contributed by atoms with van der Waals surface area (Å²) in [6.07, 6.45) is 2.57. The molecule has 1 aromatic heterocycles. The van der Waals surface area contributed by atoms with E-state index in [9.17, 15) is 14.4 Å². The molecule has 36 heavy (non-hydrogen) atoms. The Morgan fingerprint density at radius 2 is 1.94 bits per heavy atom. The summed E-state index contributed by atoms with van der Waals surface area (Å²) in [7, 11) is 0. The average Bonchev–Trinajstić information content (AvgIpc) is 3.51. The molecular formula is C27H38N4O5. The standard InChI is InChI=1S/C27H38N4O5/c1-18(2)13-14-31(25(33)12-11-24(32)29-23-16-20(4)36-30-23)26(22-10-6-5-8-19(22)3)27(34)28-17-21-9-7-15-35-21/h5-6,8,10,16,18,21,26H,7,9,11-15,17H2,1-4H3,(H,28,34)(H,29,30,32)/t21-,26-/m1/s1. The summed E-state index contributed by atoms with van der Waals surface area (Å²) in [4.78, 5) is 41.1. The molecule has 3 amide bonds. The molecule has 0 aliphatic carbocycles. The van der Waals surface area contributed by atoms with Gasteiger partial charge in [-0.05, 0) is 50.2 Å². The Labute approximate surface area is 212 Å². The summed E-state index contributed by atoms with van der Waals surface area (Å²) in [5, 5.41) is 9.42. The van der Waals surface area contributed by atoms with Crippen LogP contribution in [0.15, 0.2) is 34.9 Å². The topological polar surface area (TPSA) is 114 Å². The second-order valence-corrected chi connectivity index (χ2v) is 9.78. The first-order valence-corrected chi connectivity index (χ1v) is 12.7. The molecule has 0 radical (unpaired) electrons. The van der Waals surface area contributed by atoms with E-state index in [-0.39, 0.29) is 36.7 Å². The van der Waals surface area contributed by atoms with E-state index in [0.29, 0.717) is 37.2 Å². The monoisotopic (exact) mass is 498 g/mol. The summed E-state index contributed by atoms with van der Waals surface area (Å²) in [5.41, 5.74) is 1.71. The Balaban J connectivity index is 1.77. The second kappa shape index (κ2) is 13.2. The van der Waals surface area contributed by atoms with E-state index < -0.39 is 6.04 Å². The number of carbonyl (C=O) groups excluding carboxylic acids is 3. The van der Waals surface area contributed by atoms with Gasteiger partial charge in [0.25, 0.3) is 0 Å². The third-order valence-corrected chi connectivity index (χ3v) is 6.30. The highest BCUT2D eigenvalue weighted by molar-refractivity contribution is 5.94. The van der Waals surface area contributed by atoms with Crippen molar-refractivity contribution in [2.75, 3.05) is 25.0 Å². The molecule has 0 unspecified atom stereocenters. The smallest absolute Gasteiger partial charge is 0.247 e. The fraction of sp³-hybridized carbons (Fsp3) is 0.556. The first-order chi connectivity index (χ1) is 17.2. The van der Waals surface area contributed by atoms with Crippen molar-refractivity contribution in [1.29, 1.82) is 0 Å². The quantitative estimate of drug-likeness (QED) is 0.459. The Morgan fingerprint density at radius 1 is 1.17 bits per heavy atom. The Bertz CT molecular complexity index is 1030.